The van der Waals surface area contributed by atoms with E-state index >= 15 is 0 Å². The minimum atomic E-state index is -1.09. The standard InChI is InChI=1S/C32H36N4O5/c1-8-40-29-15-20(4)26(17-25(29)19(2)3)30-34-27-12-10-9-11-24(27)31(37)36(30)33-18-22-13-14-23(35(6)7)16-28(22)41-21(5)32(38)39/h9-19,21H,8H2,1-7H3,(H,38,39)/t21-/m1/s1. The summed E-state index contributed by atoms with van der Waals surface area (Å²) in [5.74, 6) is 0.604. The summed E-state index contributed by atoms with van der Waals surface area (Å²) in [4.78, 5) is 32.1. The zero-order valence-corrected chi connectivity index (χ0v) is 24.5. The Morgan fingerprint density at radius 3 is 2.49 bits per heavy atom. The van der Waals surface area contributed by atoms with Crippen LogP contribution in [0.4, 0.5) is 5.69 Å². The van der Waals surface area contributed by atoms with Crippen LogP contribution in [-0.4, -0.2) is 53.8 Å². The van der Waals surface area contributed by atoms with Gasteiger partial charge in [-0.3, -0.25) is 4.79 Å². The summed E-state index contributed by atoms with van der Waals surface area (Å²) in [7, 11) is 3.76. The molecule has 214 valence electrons. The van der Waals surface area contributed by atoms with Crippen molar-refractivity contribution in [2.75, 3.05) is 25.6 Å². The number of carboxylic acids is 1. The van der Waals surface area contributed by atoms with Crippen molar-refractivity contribution >= 4 is 28.8 Å². The number of benzene rings is 3. The van der Waals surface area contributed by atoms with E-state index in [0.717, 1.165) is 28.1 Å². The molecule has 9 heteroatoms. The zero-order chi connectivity index (χ0) is 29.8. The van der Waals surface area contributed by atoms with Gasteiger partial charge >= 0.3 is 5.97 Å². The van der Waals surface area contributed by atoms with Gasteiger partial charge in [-0.15, -0.1) is 0 Å². The summed E-state index contributed by atoms with van der Waals surface area (Å²) in [5.41, 5.74) is 4.23. The number of fused-ring (bicyclic) bond motifs is 1. The molecule has 0 aliphatic heterocycles. The van der Waals surface area contributed by atoms with Crippen LogP contribution < -0.4 is 19.9 Å². The Balaban J connectivity index is 1.94. The number of aromatic nitrogens is 2. The maximum absolute atomic E-state index is 13.8. The van der Waals surface area contributed by atoms with E-state index < -0.39 is 12.1 Å². The molecular weight excluding hydrogens is 520 g/mol. The molecule has 0 spiro atoms. The Bertz CT molecular complexity index is 1670. The predicted octanol–water partition coefficient (Wildman–Crippen LogP) is 5.69. The van der Waals surface area contributed by atoms with E-state index in [2.05, 4.69) is 18.9 Å². The topological polar surface area (TPSA) is 106 Å². The molecule has 0 amide bonds. The smallest absolute Gasteiger partial charge is 0.344 e. The summed E-state index contributed by atoms with van der Waals surface area (Å²) in [5, 5.41) is 14.5. The second-order valence-electron chi connectivity index (χ2n) is 10.3. The van der Waals surface area contributed by atoms with E-state index in [9.17, 15) is 14.7 Å². The quantitative estimate of drug-likeness (QED) is 0.250. The van der Waals surface area contributed by atoms with Crippen LogP contribution in [0.25, 0.3) is 22.3 Å². The number of aliphatic carboxylic acids is 1. The molecule has 0 aliphatic rings. The average Bonchev–Trinajstić information content (AvgIpc) is 2.93. The van der Waals surface area contributed by atoms with Gasteiger partial charge in [0, 0.05) is 37.0 Å². The van der Waals surface area contributed by atoms with Gasteiger partial charge < -0.3 is 19.5 Å². The second-order valence-corrected chi connectivity index (χ2v) is 10.3. The Morgan fingerprint density at radius 2 is 1.83 bits per heavy atom. The van der Waals surface area contributed by atoms with Crippen molar-refractivity contribution in [3.63, 3.8) is 0 Å². The SMILES string of the molecule is CCOc1cc(C)c(-c2nc3ccccc3c(=O)n2N=Cc2ccc(N(C)C)cc2O[C@H](C)C(=O)O)cc1C(C)C. The molecule has 0 fully saturated rings. The number of para-hydroxylation sites is 1. The van der Waals surface area contributed by atoms with Crippen molar-refractivity contribution in [3.8, 4) is 22.9 Å². The maximum atomic E-state index is 13.8. The Kier molecular flexibility index (Phi) is 8.76. The lowest BCUT2D eigenvalue weighted by molar-refractivity contribution is -0.144. The lowest BCUT2D eigenvalue weighted by Gasteiger charge is -2.19. The lowest BCUT2D eigenvalue weighted by Crippen LogP contribution is -2.24. The molecule has 4 aromatic rings. The van der Waals surface area contributed by atoms with Gasteiger partial charge in [-0.25, -0.2) is 9.78 Å². The lowest BCUT2D eigenvalue weighted by atomic mass is 9.96. The van der Waals surface area contributed by atoms with Gasteiger partial charge in [0.05, 0.1) is 23.7 Å². The molecule has 0 saturated heterocycles. The van der Waals surface area contributed by atoms with Gasteiger partial charge in [-0.1, -0.05) is 26.0 Å². The van der Waals surface area contributed by atoms with Gasteiger partial charge in [0.2, 0.25) is 0 Å². The fraction of sp³-hybridized carbons (Fsp3) is 0.312. The molecule has 1 heterocycles. The second kappa shape index (κ2) is 12.2. The van der Waals surface area contributed by atoms with E-state index in [1.54, 1.807) is 30.3 Å². The molecule has 4 rings (SSSR count). The summed E-state index contributed by atoms with van der Waals surface area (Å²) >= 11 is 0. The van der Waals surface area contributed by atoms with Gasteiger partial charge in [0.25, 0.3) is 5.56 Å². The van der Waals surface area contributed by atoms with Crippen LogP contribution in [-0.2, 0) is 4.79 Å². The number of ether oxygens (including phenoxy) is 2. The highest BCUT2D eigenvalue weighted by atomic mass is 16.5. The fourth-order valence-corrected chi connectivity index (χ4v) is 4.45. The van der Waals surface area contributed by atoms with Crippen molar-refractivity contribution in [3.05, 3.63) is 81.6 Å². The molecule has 41 heavy (non-hydrogen) atoms. The van der Waals surface area contributed by atoms with Crippen molar-refractivity contribution in [1.29, 1.82) is 0 Å². The third-order valence-corrected chi connectivity index (χ3v) is 6.75. The normalized spacial score (nSPS) is 12.2. The van der Waals surface area contributed by atoms with Crippen molar-refractivity contribution < 1.29 is 19.4 Å². The van der Waals surface area contributed by atoms with Gasteiger partial charge in [-0.2, -0.15) is 9.78 Å². The van der Waals surface area contributed by atoms with E-state index in [1.807, 2.05) is 57.1 Å². The van der Waals surface area contributed by atoms with Gasteiger partial charge in [0.1, 0.15) is 11.5 Å². The van der Waals surface area contributed by atoms with E-state index in [-0.39, 0.29) is 11.5 Å². The largest absolute Gasteiger partial charge is 0.494 e. The average molecular weight is 557 g/mol. The van der Waals surface area contributed by atoms with Crippen LogP contribution in [0.1, 0.15) is 50.3 Å². The van der Waals surface area contributed by atoms with Crippen LogP contribution in [0.2, 0.25) is 0 Å². The monoisotopic (exact) mass is 556 g/mol. The van der Waals surface area contributed by atoms with Crippen LogP contribution in [0, 0.1) is 6.92 Å². The van der Waals surface area contributed by atoms with Gasteiger partial charge in [-0.05, 0) is 74.2 Å². The highest BCUT2D eigenvalue weighted by Gasteiger charge is 2.19. The molecule has 0 bridgehead atoms. The Morgan fingerprint density at radius 1 is 1.10 bits per heavy atom. The predicted molar refractivity (Wildman–Crippen MR) is 163 cm³/mol. The maximum Gasteiger partial charge on any atom is 0.344 e. The number of anilines is 1. The fourth-order valence-electron chi connectivity index (χ4n) is 4.45. The van der Waals surface area contributed by atoms with Crippen molar-refractivity contribution in [2.45, 2.75) is 46.6 Å². The summed E-state index contributed by atoms with van der Waals surface area (Å²) in [6.07, 6.45) is 0.416. The van der Waals surface area contributed by atoms with E-state index in [4.69, 9.17) is 14.5 Å². The minimum Gasteiger partial charge on any atom is -0.494 e. The number of aryl methyl sites for hydroxylation is 1. The minimum absolute atomic E-state index is 0.172. The molecule has 1 aromatic heterocycles. The van der Waals surface area contributed by atoms with Crippen LogP contribution in [0.15, 0.2) is 64.5 Å². The summed E-state index contributed by atoms with van der Waals surface area (Å²) in [6, 6.07) is 16.5. The Hall–Kier alpha value is -4.66. The molecular formula is C32H36N4O5. The summed E-state index contributed by atoms with van der Waals surface area (Å²) < 4.78 is 13.0. The first kappa shape index (κ1) is 29.3. The number of rotatable bonds is 10. The number of carboxylic acid groups (broad SMARTS) is 1. The summed E-state index contributed by atoms with van der Waals surface area (Å²) in [6.45, 7) is 10.1. The van der Waals surface area contributed by atoms with E-state index in [0.29, 0.717) is 34.6 Å². The van der Waals surface area contributed by atoms with Crippen LogP contribution >= 0.6 is 0 Å². The first-order valence-corrected chi connectivity index (χ1v) is 13.6. The van der Waals surface area contributed by atoms with E-state index in [1.165, 1.54) is 17.8 Å². The highest BCUT2D eigenvalue weighted by Crippen LogP contribution is 2.34. The molecule has 0 aliphatic carbocycles. The van der Waals surface area contributed by atoms with Crippen molar-refractivity contribution in [1.82, 2.24) is 9.66 Å². The highest BCUT2D eigenvalue weighted by molar-refractivity contribution is 5.86. The molecule has 3 aromatic carbocycles. The molecule has 9 nitrogen and oxygen atoms in total. The zero-order valence-electron chi connectivity index (χ0n) is 24.5. The molecule has 1 atom stereocenters. The first-order valence-electron chi connectivity index (χ1n) is 13.6. The number of hydrogen-bond acceptors (Lipinski definition) is 7. The molecule has 0 saturated carbocycles. The third kappa shape index (κ3) is 6.24. The molecule has 0 unspecified atom stereocenters. The van der Waals surface area contributed by atoms with Crippen LogP contribution in [0.3, 0.4) is 0 Å². The van der Waals surface area contributed by atoms with Gasteiger partial charge in [0.15, 0.2) is 11.9 Å². The number of nitrogens with zero attached hydrogens (tertiary/aromatic N) is 4. The Labute approximate surface area is 239 Å². The first-order chi connectivity index (χ1) is 19.5. The van der Waals surface area contributed by atoms with Crippen molar-refractivity contribution in [2.24, 2.45) is 5.10 Å². The number of hydrogen-bond donors (Lipinski definition) is 1. The van der Waals surface area contributed by atoms with Crippen LogP contribution in [0.5, 0.6) is 11.5 Å². The molecule has 0 radical (unpaired) electrons. The molecule has 1 N–H and O–H groups in total. The number of carbonyl (C=O) groups is 1. The third-order valence-electron chi connectivity index (χ3n) is 6.75.